The molecule has 0 amide bonds. The molecule has 1 heterocycles. The van der Waals surface area contributed by atoms with Gasteiger partial charge in [0.2, 0.25) is 0 Å². The first-order chi connectivity index (χ1) is 11.4. The van der Waals surface area contributed by atoms with E-state index in [1.54, 1.807) is 0 Å². The van der Waals surface area contributed by atoms with Crippen molar-refractivity contribution >= 4 is 5.97 Å². The molecule has 0 spiro atoms. The van der Waals surface area contributed by atoms with Crippen molar-refractivity contribution in [3.63, 3.8) is 0 Å². The Kier molecular flexibility index (Phi) is 9.67. The lowest BCUT2D eigenvalue weighted by Crippen LogP contribution is -2.60. The summed E-state index contributed by atoms with van der Waals surface area (Å²) in [6, 6.07) is 0. The van der Waals surface area contributed by atoms with Crippen LogP contribution < -0.4 is 0 Å². The quantitative estimate of drug-likeness (QED) is 0.229. The molecule has 0 bridgehead atoms. The number of unbranched alkanes of at least 4 members (excludes halogenated alkanes) is 2. The zero-order chi connectivity index (χ0) is 18.1. The SMILES string of the molecule is CCCCCC(=O)OC[C@H]1O[C@H](OC(CO)CO)[C@H](O)[C@@H](O)[C@H]1O. The van der Waals surface area contributed by atoms with Crippen molar-refractivity contribution in [3.05, 3.63) is 0 Å². The second kappa shape index (κ2) is 10.9. The third kappa shape index (κ3) is 6.25. The van der Waals surface area contributed by atoms with E-state index in [0.29, 0.717) is 6.42 Å². The van der Waals surface area contributed by atoms with Crippen molar-refractivity contribution in [2.45, 2.75) is 69.4 Å². The second-order valence-electron chi connectivity index (χ2n) is 5.78. The molecule has 0 aromatic carbocycles. The van der Waals surface area contributed by atoms with Gasteiger partial charge in [-0.3, -0.25) is 4.79 Å². The van der Waals surface area contributed by atoms with Crippen molar-refractivity contribution in [1.82, 2.24) is 0 Å². The van der Waals surface area contributed by atoms with E-state index in [1.165, 1.54) is 0 Å². The van der Waals surface area contributed by atoms with Gasteiger partial charge in [-0.1, -0.05) is 19.8 Å². The van der Waals surface area contributed by atoms with Crippen LogP contribution in [0.25, 0.3) is 0 Å². The number of carbonyl (C=O) groups is 1. The van der Waals surface area contributed by atoms with Crippen molar-refractivity contribution in [2.75, 3.05) is 19.8 Å². The molecular weight excluding hydrogens is 324 g/mol. The van der Waals surface area contributed by atoms with Crippen molar-refractivity contribution in [2.24, 2.45) is 0 Å². The summed E-state index contributed by atoms with van der Waals surface area (Å²) < 4.78 is 15.5. The number of hydrogen-bond donors (Lipinski definition) is 5. The highest BCUT2D eigenvalue weighted by Gasteiger charge is 2.45. The fourth-order valence-corrected chi connectivity index (χ4v) is 2.27. The lowest BCUT2D eigenvalue weighted by molar-refractivity contribution is -0.315. The Bertz CT molecular complexity index is 361. The standard InChI is InChI=1S/C15H28O9/c1-2-3-4-5-11(18)22-8-10-12(19)13(20)14(21)15(24-10)23-9(6-16)7-17/h9-10,12-17,19-21H,2-8H2,1H3/t10-,12+,13+,14-,15+/m1/s1. The Morgan fingerprint density at radius 3 is 2.33 bits per heavy atom. The summed E-state index contributed by atoms with van der Waals surface area (Å²) in [5, 5.41) is 47.6. The smallest absolute Gasteiger partial charge is 0.305 e. The van der Waals surface area contributed by atoms with Gasteiger partial charge in [-0.2, -0.15) is 0 Å². The Hall–Kier alpha value is -0.810. The van der Waals surface area contributed by atoms with Gasteiger partial charge in [-0.15, -0.1) is 0 Å². The average Bonchev–Trinajstić information content (AvgIpc) is 2.58. The molecule has 0 radical (unpaired) electrons. The van der Waals surface area contributed by atoms with Crippen LogP contribution in [0.3, 0.4) is 0 Å². The molecule has 24 heavy (non-hydrogen) atoms. The topological polar surface area (TPSA) is 146 Å². The van der Waals surface area contributed by atoms with Crippen LogP contribution in [-0.4, -0.2) is 88.1 Å². The highest BCUT2D eigenvalue weighted by molar-refractivity contribution is 5.69. The van der Waals surface area contributed by atoms with Gasteiger partial charge in [0, 0.05) is 6.42 Å². The van der Waals surface area contributed by atoms with Gasteiger partial charge in [-0.25, -0.2) is 0 Å². The first-order valence-electron chi connectivity index (χ1n) is 8.17. The Morgan fingerprint density at radius 1 is 1.08 bits per heavy atom. The van der Waals surface area contributed by atoms with Gasteiger partial charge in [-0.05, 0) is 6.42 Å². The molecule has 1 fully saturated rings. The zero-order valence-electron chi connectivity index (χ0n) is 13.8. The van der Waals surface area contributed by atoms with Gasteiger partial charge in [0.1, 0.15) is 37.1 Å². The predicted molar refractivity (Wildman–Crippen MR) is 80.8 cm³/mol. The maximum Gasteiger partial charge on any atom is 0.305 e. The molecule has 0 saturated carbocycles. The molecule has 0 unspecified atom stereocenters. The van der Waals surface area contributed by atoms with Gasteiger partial charge in [0.05, 0.1) is 13.2 Å². The summed E-state index contributed by atoms with van der Waals surface area (Å²) in [7, 11) is 0. The molecule has 0 aromatic rings. The molecule has 9 heteroatoms. The number of carbonyl (C=O) groups excluding carboxylic acids is 1. The maximum absolute atomic E-state index is 11.6. The molecule has 1 saturated heterocycles. The normalized spacial score (nSPS) is 30.5. The van der Waals surface area contributed by atoms with Crippen LogP contribution in [0.2, 0.25) is 0 Å². The van der Waals surface area contributed by atoms with Crippen LogP contribution in [0.5, 0.6) is 0 Å². The number of aliphatic hydroxyl groups is 5. The molecule has 9 nitrogen and oxygen atoms in total. The summed E-state index contributed by atoms with van der Waals surface area (Å²) in [6.07, 6.45) is -5.28. The molecule has 0 aliphatic carbocycles. The van der Waals surface area contributed by atoms with E-state index in [2.05, 4.69) is 0 Å². The van der Waals surface area contributed by atoms with Crippen molar-refractivity contribution < 1.29 is 44.5 Å². The van der Waals surface area contributed by atoms with Crippen molar-refractivity contribution in [1.29, 1.82) is 0 Å². The average molecular weight is 352 g/mol. The monoisotopic (exact) mass is 352 g/mol. The Balaban J connectivity index is 2.54. The fraction of sp³-hybridized carbons (Fsp3) is 0.933. The predicted octanol–water partition coefficient (Wildman–Crippen LogP) is -1.71. The number of esters is 1. The summed E-state index contributed by atoms with van der Waals surface area (Å²) in [5.74, 6) is -0.444. The number of aliphatic hydroxyl groups excluding tert-OH is 5. The molecule has 5 N–H and O–H groups in total. The molecule has 142 valence electrons. The summed E-state index contributed by atoms with van der Waals surface area (Å²) in [4.78, 5) is 11.6. The lowest BCUT2D eigenvalue weighted by Gasteiger charge is -2.40. The van der Waals surface area contributed by atoms with E-state index in [4.69, 9.17) is 24.4 Å². The minimum Gasteiger partial charge on any atom is -0.463 e. The van der Waals surface area contributed by atoms with Crippen LogP contribution in [0.4, 0.5) is 0 Å². The number of rotatable bonds is 10. The van der Waals surface area contributed by atoms with Gasteiger partial charge >= 0.3 is 5.97 Å². The molecule has 1 aliphatic rings. The first-order valence-corrected chi connectivity index (χ1v) is 8.17. The van der Waals surface area contributed by atoms with E-state index in [0.717, 1.165) is 12.8 Å². The van der Waals surface area contributed by atoms with Crippen LogP contribution >= 0.6 is 0 Å². The largest absolute Gasteiger partial charge is 0.463 e. The number of hydrogen-bond acceptors (Lipinski definition) is 9. The lowest BCUT2D eigenvalue weighted by atomic mass is 9.99. The zero-order valence-corrected chi connectivity index (χ0v) is 13.8. The first kappa shape index (κ1) is 21.2. The molecule has 5 atom stereocenters. The van der Waals surface area contributed by atoms with Crippen LogP contribution in [0.15, 0.2) is 0 Å². The van der Waals surface area contributed by atoms with Crippen molar-refractivity contribution in [3.8, 4) is 0 Å². The van der Waals surface area contributed by atoms with E-state index in [9.17, 15) is 20.1 Å². The third-order valence-corrected chi connectivity index (χ3v) is 3.80. The van der Waals surface area contributed by atoms with Crippen LogP contribution in [0.1, 0.15) is 32.6 Å². The minimum absolute atomic E-state index is 0.249. The minimum atomic E-state index is -1.58. The Labute approximate surface area is 140 Å². The highest BCUT2D eigenvalue weighted by atomic mass is 16.7. The van der Waals surface area contributed by atoms with E-state index in [1.807, 2.05) is 6.92 Å². The van der Waals surface area contributed by atoms with E-state index < -0.39 is 56.0 Å². The summed E-state index contributed by atoms with van der Waals surface area (Å²) in [5.41, 5.74) is 0. The van der Waals surface area contributed by atoms with Crippen LogP contribution in [-0.2, 0) is 19.0 Å². The van der Waals surface area contributed by atoms with Gasteiger partial charge in [0.15, 0.2) is 6.29 Å². The molecule has 1 rings (SSSR count). The summed E-state index contributed by atoms with van der Waals surface area (Å²) >= 11 is 0. The van der Waals surface area contributed by atoms with E-state index in [-0.39, 0.29) is 13.0 Å². The molecular formula is C15H28O9. The van der Waals surface area contributed by atoms with E-state index >= 15 is 0 Å². The van der Waals surface area contributed by atoms with Gasteiger partial charge in [0.25, 0.3) is 0 Å². The fourth-order valence-electron chi connectivity index (χ4n) is 2.27. The third-order valence-electron chi connectivity index (χ3n) is 3.80. The second-order valence-corrected chi connectivity index (χ2v) is 5.78. The number of ether oxygens (including phenoxy) is 3. The van der Waals surface area contributed by atoms with Crippen LogP contribution in [0, 0.1) is 0 Å². The molecule has 1 aliphatic heterocycles. The maximum atomic E-state index is 11.6. The Morgan fingerprint density at radius 2 is 1.75 bits per heavy atom. The van der Waals surface area contributed by atoms with Gasteiger partial charge < -0.3 is 39.7 Å². The molecule has 0 aromatic heterocycles. The summed E-state index contributed by atoms with van der Waals surface area (Å²) in [6.45, 7) is 0.673. The highest BCUT2D eigenvalue weighted by Crippen LogP contribution is 2.23.